The normalized spacial score (nSPS) is 15.4. The van der Waals surface area contributed by atoms with Crippen LogP contribution in [0.2, 0.25) is 0 Å². The van der Waals surface area contributed by atoms with Gasteiger partial charge in [-0.25, -0.2) is 4.68 Å². The summed E-state index contributed by atoms with van der Waals surface area (Å²) in [6.07, 6.45) is 3.29. The minimum absolute atomic E-state index is 0.845. The molecule has 0 N–H and O–H groups in total. The molecule has 0 spiro atoms. The molecule has 0 unspecified atom stereocenters. The van der Waals surface area contributed by atoms with Crippen LogP contribution < -0.4 is 4.74 Å². The Morgan fingerprint density at radius 2 is 2.58 bits per heavy atom. The van der Waals surface area contributed by atoms with Gasteiger partial charge in [-0.05, 0) is 6.42 Å². The molecule has 0 atom stereocenters. The van der Waals surface area contributed by atoms with Gasteiger partial charge in [0.15, 0.2) is 0 Å². The number of hydrogen-bond acceptors (Lipinski definition) is 2. The Morgan fingerprint density at radius 1 is 1.67 bits per heavy atom. The van der Waals surface area contributed by atoms with Crippen LogP contribution >= 0.6 is 0 Å². The minimum Gasteiger partial charge on any atom is -0.478 e. The molecular formula is C9H14N2O. The number of nitrogens with zero attached hydrogens (tertiary/aromatic N) is 2. The highest BCUT2D eigenvalue weighted by atomic mass is 16.5. The second-order valence-electron chi connectivity index (χ2n) is 3.15. The van der Waals surface area contributed by atoms with Gasteiger partial charge in [-0.15, -0.1) is 0 Å². The van der Waals surface area contributed by atoms with Gasteiger partial charge in [-0.2, -0.15) is 5.10 Å². The van der Waals surface area contributed by atoms with Crippen molar-refractivity contribution in [2.75, 3.05) is 6.61 Å². The largest absolute Gasteiger partial charge is 0.478 e. The number of fused-ring (bicyclic) bond motifs is 1. The first-order valence-corrected chi connectivity index (χ1v) is 4.59. The van der Waals surface area contributed by atoms with Crippen LogP contribution in [0.25, 0.3) is 0 Å². The van der Waals surface area contributed by atoms with Crippen LogP contribution in [0.1, 0.15) is 25.5 Å². The van der Waals surface area contributed by atoms with Crippen molar-refractivity contribution >= 4 is 0 Å². The Bertz CT molecular complexity index is 244. The molecule has 3 nitrogen and oxygen atoms in total. The van der Waals surface area contributed by atoms with Gasteiger partial charge in [0.25, 0.3) is 0 Å². The zero-order valence-corrected chi connectivity index (χ0v) is 7.42. The lowest BCUT2D eigenvalue weighted by molar-refractivity contribution is 0.230. The van der Waals surface area contributed by atoms with Gasteiger partial charge in [-0.1, -0.05) is 13.3 Å². The summed E-state index contributed by atoms with van der Waals surface area (Å²) < 4.78 is 7.42. The first kappa shape index (κ1) is 7.65. The topological polar surface area (TPSA) is 27.1 Å². The Morgan fingerprint density at radius 3 is 3.33 bits per heavy atom. The Hall–Kier alpha value is -0.990. The van der Waals surface area contributed by atoms with Crippen molar-refractivity contribution in [3.8, 4) is 5.88 Å². The highest BCUT2D eigenvalue weighted by molar-refractivity contribution is 5.17. The average molecular weight is 166 g/mol. The number of hydrogen-bond donors (Lipinski definition) is 0. The van der Waals surface area contributed by atoms with E-state index in [4.69, 9.17) is 4.74 Å². The van der Waals surface area contributed by atoms with E-state index in [0.717, 1.165) is 44.0 Å². The fraction of sp³-hybridized carbons (Fsp3) is 0.667. The summed E-state index contributed by atoms with van der Waals surface area (Å²) in [5, 5.41) is 4.43. The summed E-state index contributed by atoms with van der Waals surface area (Å²) in [5.41, 5.74) is 1.16. The van der Waals surface area contributed by atoms with E-state index < -0.39 is 0 Å². The summed E-state index contributed by atoms with van der Waals surface area (Å²) in [7, 11) is 0. The van der Waals surface area contributed by atoms with E-state index in [1.54, 1.807) is 0 Å². The van der Waals surface area contributed by atoms with Gasteiger partial charge >= 0.3 is 0 Å². The van der Waals surface area contributed by atoms with E-state index in [1.165, 1.54) is 0 Å². The van der Waals surface area contributed by atoms with Crippen LogP contribution in [0.5, 0.6) is 5.88 Å². The summed E-state index contributed by atoms with van der Waals surface area (Å²) in [5.74, 6) is 0.949. The average Bonchev–Trinajstić information content (AvgIpc) is 2.47. The fourth-order valence-corrected chi connectivity index (χ4v) is 1.50. The van der Waals surface area contributed by atoms with E-state index in [2.05, 4.69) is 18.1 Å². The monoisotopic (exact) mass is 166 g/mol. The second kappa shape index (κ2) is 3.17. The molecule has 1 aliphatic rings. The molecule has 0 bridgehead atoms. The van der Waals surface area contributed by atoms with Crippen molar-refractivity contribution in [3.63, 3.8) is 0 Å². The SMILES string of the molecule is CCCc1cc2n(n1)CCCO2. The van der Waals surface area contributed by atoms with Crippen LogP contribution in [0.4, 0.5) is 0 Å². The van der Waals surface area contributed by atoms with Crippen LogP contribution in [0.3, 0.4) is 0 Å². The van der Waals surface area contributed by atoms with Crippen molar-refractivity contribution in [2.24, 2.45) is 0 Å². The lowest BCUT2D eigenvalue weighted by Gasteiger charge is -2.13. The standard InChI is InChI=1S/C9H14N2O/c1-2-4-8-7-9-11(10-8)5-3-6-12-9/h7H,2-6H2,1H3. The number of rotatable bonds is 2. The predicted octanol–water partition coefficient (Wildman–Crippen LogP) is 1.62. The van der Waals surface area contributed by atoms with Crippen molar-refractivity contribution in [3.05, 3.63) is 11.8 Å². The van der Waals surface area contributed by atoms with Crippen molar-refractivity contribution < 1.29 is 4.74 Å². The molecule has 2 rings (SSSR count). The Labute approximate surface area is 72.3 Å². The second-order valence-corrected chi connectivity index (χ2v) is 3.15. The van der Waals surface area contributed by atoms with Crippen LogP contribution in [0.15, 0.2) is 6.07 Å². The van der Waals surface area contributed by atoms with Crippen molar-refractivity contribution in [1.82, 2.24) is 9.78 Å². The lowest BCUT2D eigenvalue weighted by atomic mass is 10.2. The lowest BCUT2D eigenvalue weighted by Crippen LogP contribution is -2.14. The van der Waals surface area contributed by atoms with Gasteiger partial charge in [0.1, 0.15) is 0 Å². The molecule has 1 aliphatic heterocycles. The van der Waals surface area contributed by atoms with Crippen LogP contribution in [-0.4, -0.2) is 16.4 Å². The maximum Gasteiger partial charge on any atom is 0.211 e. The first-order chi connectivity index (χ1) is 5.90. The molecule has 0 fully saturated rings. The third-order valence-corrected chi connectivity index (χ3v) is 2.06. The maximum absolute atomic E-state index is 5.45. The number of aryl methyl sites for hydroxylation is 2. The van der Waals surface area contributed by atoms with E-state index in [0.29, 0.717) is 0 Å². The molecule has 0 radical (unpaired) electrons. The molecule has 0 amide bonds. The minimum atomic E-state index is 0.845. The highest BCUT2D eigenvalue weighted by Crippen LogP contribution is 2.18. The Balaban J connectivity index is 2.20. The van der Waals surface area contributed by atoms with E-state index in [1.807, 2.05) is 4.68 Å². The van der Waals surface area contributed by atoms with Crippen molar-refractivity contribution in [2.45, 2.75) is 32.7 Å². The third-order valence-electron chi connectivity index (χ3n) is 2.06. The number of ether oxygens (including phenoxy) is 1. The smallest absolute Gasteiger partial charge is 0.211 e. The maximum atomic E-state index is 5.45. The number of aromatic nitrogens is 2. The van der Waals surface area contributed by atoms with Gasteiger partial charge in [0, 0.05) is 19.0 Å². The van der Waals surface area contributed by atoms with Crippen LogP contribution in [0, 0.1) is 0 Å². The van der Waals surface area contributed by atoms with E-state index >= 15 is 0 Å². The van der Waals surface area contributed by atoms with Crippen LogP contribution in [-0.2, 0) is 13.0 Å². The molecular weight excluding hydrogens is 152 g/mol. The van der Waals surface area contributed by atoms with Gasteiger partial charge in [0.05, 0.1) is 12.3 Å². The predicted molar refractivity (Wildman–Crippen MR) is 46.3 cm³/mol. The van der Waals surface area contributed by atoms with E-state index in [-0.39, 0.29) is 0 Å². The fourth-order valence-electron chi connectivity index (χ4n) is 1.50. The molecule has 1 aromatic heterocycles. The van der Waals surface area contributed by atoms with Gasteiger partial charge in [0.2, 0.25) is 5.88 Å². The molecule has 0 aromatic carbocycles. The molecule has 12 heavy (non-hydrogen) atoms. The first-order valence-electron chi connectivity index (χ1n) is 4.59. The highest BCUT2D eigenvalue weighted by Gasteiger charge is 2.11. The molecule has 0 aliphatic carbocycles. The van der Waals surface area contributed by atoms with E-state index in [9.17, 15) is 0 Å². The quantitative estimate of drug-likeness (QED) is 0.667. The molecule has 66 valence electrons. The zero-order valence-electron chi connectivity index (χ0n) is 7.42. The molecule has 1 aromatic rings. The van der Waals surface area contributed by atoms with Crippen molar-refractivity contribution in [1.29, 1.82) is 0 Å². The summed E-state index contributed by atoms with van der Waals surface area (Å²) in [6, 6.07) is 2.06. The Kier molecular flexibility index (Phi) is 2.02. The summed E-state index contributed by atoms with van der Waals surface area (Å²) in [4.78, 5) is 0. The summed E-state index contributed by atoms with van der Waals surface area (Å²) in [6.45, 7) is 4.02. The van der Waals surface area contributed by atoms with Gasteiger partial charge in [-0.3, -0.25) is 0 Å². The molecule has 3 heteroatoms. The molecule has 2 heterocycles. The molecule has 0 saturated carbocycles. The zero-order chi connectivity index (χ0) is 8.39. The third kappa shape index (κ3) is 1.31. The molecule has 0 saturated heterocycles. The summed E-state index contributed by atoms with van der Waals surface area (Å²) >= 11 is 0. The van der Waals surface area contributed by atoms with Gasteiger partial charge < -0.3 is 4.74 Å².